The van der Waals surface area contributed by atoms with Gasteiger partial charge in [0.1, 0.15) is 0 Å². The van der Waals surface area contributed by atoms with E-state index in [1.807, 2.05) is 30.3 Å². The smallest absolute Gasteiger partial charge is 0.347 e. The van der Waals surface area contributed by atoms with Gasteiger partial charge in [0, 0.05) is 59.5 Å². The molecule has 218 valence electrons. The number of hydrogen-bond acceptors (Lipinski definition) is 7. The summed E-state index contributed by atoms with van der Waals surface area (Å²) >= 11 is 5.79. The van der Waals surface area contributed by atoms with Crippen LogP contribution in [-0.2, 0) is 11.3 Å². The molecule has 5 amide bonds. The number of non-ortho nitro benzene ring substituents is 1. The molecule has 0 aliphatic rings. The Morgan fingerprint density at radius 1 is 0.786 bits per heavy atom. The predicted octanol–water partition coefficient (Wildman–Crippen LogP) is 4.41. The highest BCUT2D eigenvalue weighted by Gasteiger charge is 2.32. The average Bonchev–Trinajstić information content (AvgIpc) is 2.98. The molecule has 13 heteroatoms. The number of nitro benzene ring substituents is 1. The van der Waals surface area contributed by atoms with Gasteiger partial charge in [0.15, 0.2) is 10.8 Å². The standard InChI is InChI=1S/C29H31N7O5S/c1-31(2)27(38)35(28(39)32(3)4)30-25(22-14-10-7-11-15-22)26(37)34(23-16-18-24(19-17-23)36(40)41)29(42)33(5)20-21-12-8-6-9-13-21/h6-19H,20H2,1-5H3/b30-25+. The molecule has 0 aromatic heterocycles. The van der Waals surface area contributed by atoms with E-state index in [4.69, 9.17) is 12.2 Å². The number of nitro groups is 1. The molecule has 42 heavy (non-hydrogen) atoms. The van der Waals surface area contributed by atoms with Crippen LogP contribution in [0, 0.1) is 10.1 Å². The van der Waals surface area contributed by atoms with Gasteiger partial charge in [-0.2, -0.15) is 5.10 Å². The number of urea groups is 2. The average molecular weight is 590 g/mol. The summed E-state index contributed by atoms with van der Waals surface area (Å²) in [5.41, 5.74) is 1.03. The molecule has 0 radical (unpaired) electrons. The number of imide groups is 1. The molecule has 3 aromatic carbocycles. The van der Waals surface area contributed by atoms with E-state index >= 15 is 0 Å². The van der Waals surface area contributed by atoms with Crippen molar-refractivity contribution in [2.75, 3.05) is 40.1 Å². The third kappa shape index (κ3) is 7.52. The lowest BCUT2D eigenvalue weighted by atomic mass is 10.1. The SMILES string of the molecule is CN(C)C(=O)N(/N=C(/C(=O)N(C(=S)N(C)Cc1ccccc1)c1ccc([N+](=O)[O-])cc1)c1ccccc1)C(=O)N(C)C. The highest BCUT2D eigenvalue weighted by molar-refractivity contribution is 7.80. The Morgan fingerprint density at radius 3 is 1.76 bits per heavy atom. The van der Waals surface area contributed by atoms with E-state index in [0.29, 0.717) is 17.1 Å². The minimum atomic E-state index is -0.777. The third-order valence-electron chi connectivity index (χ3n) is 5.88. The molecule has 0 atom stereocenters. The maximum atomic E-state index is 14.5. The summed E-state index contributed by atoms with van der Waals surface area (Å²) in [5.74, 6) is -0.761. The molecule has 0 bridgehead atoms. The van der Waals surface area contributed by atoms with Crippen LogP contribution in [0.5, 0.6) is 0 Å². The molecular weight excluding hydrogens is 558 g/mol. The lowest BCUT2D eigenvalue weighted by Gasteiger charge is -2.31. The zero-order chi connectivity index (χ0) is 31.0. The van der Waals surface area contributed by atoms with E-state index in [1.54, 1.807) is 42.3 Å². The van der Waals surface area contributed by atoms with E-state index in [9.17, 15) is 24.5 Å². The molecular formula is C29H31N7O5S. The number of hydrazone groups is 1. The Labute approximate surface area is 249 Å². The summed E-state index contributed by atoms with van der Waals surface area (Å²) in [6, 6.07) is 21.5. The summed E-state index contributed by atoms with van der Waals surface area (Å²) in [6.07, 6.45) is 0. The van der Waals surface area contributed by atoms with Crippen molar-refractivity contribution in [3.63, 3.8) is 0 Å². The summed E-state index contributed by atoms with van der Waals surface area (Å²) in [7, 11) is 7.52. The fourth-order valence-electron chi connectivity index (χ4n) is 3.71. The quantitative estimate of drug-likeness (QED) is 0.173. The van der Waals surface area contributed by atoms with E-state index in [2.05, 4.69) is 5.10 Å². The van der Waals surface area contributed by atoms with Crippen LogP contribution in [0.4, 0.5) is 21.0 Å². The van der Waals surface area contributed by atoms with Gasteiger partial charge < -0.3 is 14.7 Å². The third-order valence-corrected chi connectivity index (χ3v) is 6.37. The Bertz CT molecular complexity index is 1460. The van der Waals surface area contributed by atoms with E-state index in [0.717, 1.165) is 15.4 Å². The van der Waals surface area contributed by atoms with Crippen LogP contribution in [0.2, 0.25) is 0 Å². The van der Waals surface area contributed by atoms with Crippen LogP contribution in [0.3, 0.4) is 0 Å². The Kier molecular flexibility index (Phi) is 10.4. The molecule has 0 aliphatic heterocycles. The van der Waals surface area contributed by atoms with Gasteiger partial charge in [0.25, 0.3) is 11.6 Å². The van der Waals surface area contributed by atoms with Gasteiger partial charge in [-0.3, -0.25) is 19.8 Å². The van der Waals surface area contributed by atoms with Gasteiger partial charge in [0.2, 0.25) is 0 Å². The lowest BCUT2D eigenvalue weighted by Crippen LogP contribution is -2.49. The first-order valence-electron chi connectivity index (χ1n) is 12.7. The molecule has 3 aromatic rings. The Balaban J connectivity index is 2.20. The van der Waals surface area contributed by atoms with Gasteiger partial charge in [-0.1, -0.05) is 60.7 Å². The lowest BCUT2D eigenvalue weighted by molar-refractivity contribution is -0.384. The van der Waals surface area contributed by atoms with Crippen molar-refractivity contribution in [1.29, 1.82) is 0 Å². The van der Waals surface area contributed by atoms with Crippen LogP contribution >= 0.6 is 12.2 Å². The molecule has 12 nitrogen and oxygen atoms in total. The fourth-order valence-corrected chi connectivity index (χ4v) is 3.96. The van der Waals surface area contributed by atoms with Crippen LogP contribution < -0.4 is 4.90 Å². The zero-order valence-corrected chi connectivity index (χ0v) is 24.7. The van der Waals surface area contributed by atoms with Crippen molar-refractivity contribution in [1.82, 2.24) is 19.7 Å². The maximum absolute atomic E-state index is 14.5. The van der Waals surface area contributed by atoms with Crippen molar-refractivity contribution in [3.8, 4) is 0 Å². The van der Waals surface area contributed by atoms with Gasteiger partial charge in [-0.05, 0) is 29.9 Å². The van der Waals surface area contributed by atoms with Crippen molar-refractivity contribution < 1.29 is 19.3 Å². The summed E-state index contributed by atoms with van der Waals surface area (Å²) in [5, 5.41) is 16.3. The molecule has 0 fully saturated rings. The number of carbonyl (C=O) groups is 3. The van der Waals surface area contributed by atoms with E-state index < -0.39 is 22.9 Å². The van der Waals surface area contributed by atoms with Crippen molar-refractivity contribution in [2.45, 2.75) is 6.54 Å². The van der Waals surface area contributed by atoms with E-state index in [-0.39, 0.29) is 22.2 Å². The number of rotatable bonds is 7. The molecule has 0 heterocycles. The van der Waals surface area contributed by atoms with E-state index in [1.165, 1.54) is 57.4 Å². The second kappa shape index (κ2) is 13.9. The number of nitrogens with zero attached hydrogens (tertiary/aromatic N) is 7. The van der Waals surface area contributed by atoms with Crippen LogP contribution in [-0.4, -0.2) is 88.7 Å². The topological polar surface area (TPSA) is 123 Å². The fraction of sp³-hybridized carbons (Fsp3) is 0.207. The summed E-state index contributed by atoms with van der Waals surface area (Å²) < 4.78 is 0. The second-order valence-corrected chi connectivity index (χ2v) is 9.88. The van der Waals surface area contributed by atoms with Crippen molar-refractivity contribution in [3.05, 3.63) is 106 Å². The van der Waals surface area contributed by atoms with Gasteiger partial charge in [-0.15, -0.1) is 5.01 Å². The molecule has 3 rings (SSSR count). The van der Waals surface area contributed by atoms with Crippen LogP contribution in [0.1, 0.15) is 11.1 Å². The normalized spacial score (nSPS) is 10.8. The Morgan fingerprint density at radius 2 is 1.29 bits per heavy atom. The molecule has 0 aliphatic carbocycles. The van der Waals surface area contributed by atoms with Gasteiger partial charge >= 0.3 is 12.1 Å². The first kappa shape index (κ1) is 31.4. The first-order chi connectivity index (χ1) is 19.9. The largest absolute Gasteiger partial charge is 0.348 e. The molecule has 0 N–H and O–H groups in total. The minimum Gasteiger partial charge on any atom is -0.347 e. The molecule has 0 saturated carbocycles. The minimum absolute atomic E-state index is 0.0609. The van der Waals surface area contributed by atoms with Gasteiger partial charge in [-0.25, -0.2) is 9.59 Å². The van der Waals surface area contributed by atoms with Crippen molar-refractivity contribution in [2.24, 2.45) is 5.10 Å². The number of benzene rings is 3. The van der Waals surface area contributed by atoms with Crippen LogP contribution in [0.25, 0.3) is 0 Å². The predicted molar refractivity (Wildman–Crippen MR) is 164 cm³/mol. The van der Waals surface area contributed by atoms with Gasteiger partial charge in [0.05, 0.1) is 10.6 Å². The maximum Gasteiger partial charge on any atom is 0.348 e. The Hall–Kier alpha value is -5.17. The monoisotopic (exact) mass is 589 g/mol. The highest BCUT2D eigenvalue weighted by Crippen LogP contribution is 2.23. The molecule has 0 spiro atoms. The number of anilines is 1. The number of hydrogen-bond donors (Lipinski definition) is 0. The highest BCUT2D eigenvalue weighted by atomic mass is 32.1. The first-order valence-corrected chi connectivity index (χ1v) is 13.1. The number of amides is 5. The molecule has 0 saturated heterocycles. The summed E-state index contributed by atoms with van der Waals surface area (Å²) in [4.78, 5) is 56.4. The zero-order valence-electron chi connectivity index (χ0n) is 23.9. The van der Waals surface area contributed by atoms with Crippen molar-refractivity contribution >= 4 is 52.4 Å². The number of thiocarbonyl (C=S) groups is 1. The number of carbonyl (C=O) groups excluding carboxylic acids is 3. The molecule has 0 unspecified atom stereocenters. The van der Waals surface area contributed by atoms with Crippen LogP contribution in [0.15, 0.2) is 90.0 Å². The summed E-state index contributed by atoms with van der Waals surface area (Å²) in [6.45, 7) is 0.346. The second-order valence-electron chi connectivity index (χ2n) is 9.52.